The number of carbonyl (C=O) groups is 1. The third kappa shape index (κ3) is 6.94. The molecule has 0 spiro atoms. The van der Waals surface area contributed by atoms with Crippen molar-refractivity contribution in [1.82, 2.24) is 10.6 Å². The Balaban J connectivity index is 2.31. The first-order chi connectivity index (χ1) is 10.2. The largest absolute Gasteiger partial charge is 0.393 e. The molecule has 0 aromatic heterocycles. The van der Waals surface area contributed by atoms with E-state index in [4.69, 9.17) is 0 Å². The summed E-state index contributed by atoms with van der Waals surface area (Å²) >= 11 is 0. The Morgan fingerprint density at radius 3 is 2.55 bits per heavy atom. The molecule has 1 unspecified atom stereocenters. The Kier molecular flexibility index (Phi) is 6.88. The summed E-state index contributed by atoms with van der Waals surface area (Å²) in [4.78, 5) is 11.8. The minimum atomic E-state index is -0.357. The van der Waals surface area contributed by atoms with E-state index >= 15 is 0 Å². The first kappa shape index (κ1) is 18.5. The number of hydrogen-bond donors (Lipinski definition) is 3. The highest BCUT2D eigenvalue weighted by Crippen LogP contribution is 2.20. The van der Waals surface area contributed by atoms with Gasteiger partial charge in [-0.2, -0.15) is 0 Å². The Morgan fingerprint density at radius 1 is 1.27 bits per heavy atom. The van der Waals surface area contributed by atoms with Gasteiger partial charge >= 0.3 is 6.03 Å². The van der Waals surface area contributed by atoms with Crippen molar-refractivity contribution in [1.29, 1.82) is 0 Å². The zero-order valence-electron chi connectivity index (χ0n) is 14.5. The van der Waals surface area contributed by atoms with Crippen molar-refractivity contribution in [3.8, 4) is 0 Å². The van der Waals surface area contributed by atoms with Gasteiger partial charge in [-0.05, 0) is 50.2 Å². The van der Waals surface area contributed by atoms with Crippen molar-refractivity contribution in [2.45, 2.75) is 53.6 Å². The van der Waals surface area contributed by atoms with Crippen LogP contribution in [0.2, 0.25) is 0 Å². The second kappa shape index (κ2) is 8.18. The molecular formula is C18H30N2O2. The van der Waals surface area contributed by atoms with E-state index in [1.54, 1.807) is 6.92 Å². The molecule has 0 saturated heterocycles. The molecule has 4 nitrogen and oxygen atoms in total. The quantitative estimate of drug-likeness (QED) is 0.725. The van der Waals surface area contributed by atoms with Crippen molar-refractivity contribution >= 4 is 6.03 Å². The molecule has 1 rings (SSSR count). The predicted octanol–water partition coefficient (Wildman–Crippen LogP) is 2.94. The van der Waals surface area contributed by atoms with Crippen molar-refractivity contribution in [2.24, 2.45) is 5.41 Å². The van der Waals surface area contributed by atoms with Crippen molar-refractivity contribution in [3.05, 3.63) is 34.9 Å². The van der Waals surface area contributed by atoms with Gasteiger partial charge in [0.25, 0.3) is 0 Å². The summed E-state index contributed by atoms with van der Waals surface area (Å²) in [5, 5.41) is 15.2. The molecule has 22 heavy (non-hydrogen) atoms. The van der Waals surface area contributed by atoms with Crippen LogP contribution in [0.1, 0.15) is 43.9 Å². The first-order valence-electron chi connectivity index (χ1n) is 7.95. The summed E-state index contributed by atoms with van der Waals surface area (Å²) < 4.78 is 0. The van der Waals surface area contributed by atoms with Gasteiger partial charge in [0.2, 0.25) is 0 Å². The number of aliphatic hydroxyl groups is 1. The van der Waals surface area contributed by atoms with Gasteiger partial charge in [0.15, 0.2) is 0 Å². The maximum Gasteiger partial charge on any atom is 0.314 e. The molecule has 124 valence electrons. The van der Waals surface area contributed by atoms with Crippen LogP contribution in [0, 0.1) is 19.3 Å². The van der Waals surface area contributed by atoms with Gasteiger partial charge in [0.05, 0.1) is 6.10 Å². The average molecular weight is 306 g/mol. The number of hydrogen-bond acceptors (Lipinski definition) is 2. The second-order valence-electron chi connectivity index (χ2n) is 7.01. The molecule has 0 aliphatic rings. The van der Waals surface area contributed by atoms with Crippen molar-refractivity contribution in [3.63, 3.8) is 0 Å². The fourth-order valence-corrected chi connectivity index (χ4v) is 2.69. The third-order valence-corrected chi connectivity index (χ3v) is 3.75. The smallest absolute Gasteiger partial charge is 0.314 e. The molecular weight excluding hydrogens is 276 g/mol. The number of benzene rings is 1. The maximum atomic E-state index is 11.8. The van der Waals surface area contributed by atoms with Gasteiger partial charge in [-0.3, -0.25) is 0 Å². The summed E-state index contributed by atoms with van der Waals surface area (Å²) in [6, 6.07) is 6.23. The van der Waals surface area contributed by atoms with Gasteiger partial charge in [-0.1, -0.05) is 37.6 Å². The van der Waals surface area contributed by atoms with E-state index < -0.39 is 0 Å². The van der Waals surface area contributed by atoms with E-state index in [2.05, 4.69) is 42.7 Å². The zero-order chi connectivity index (χ0) is 16.8. The summed E-state index contributed by atoms with van der Waals surface area (Å²) in [6.45, 7) is 11.2. The lowest BCUT2D eigenvalue weighted by atomic mass is 9.87. The number of aryl methyl sites for hydroxylation is 2. The molecule has 0 radical (unpaired) electrons. The van der Waals surface area contributed by atoms with Crippen LogP contribution in [0.15, 0.2) is 18.2 Å². The summed E-state index contributed by atoms with van der Waals surface area (Å²) in [6.07, 6.45) is 1.14. The van der Waals surface area contributed by atoms with Gasteiger partial charge in [-0.15, -0.1) is 0 Å². The van der Waals surface area contributed by atoms with Gasteiger partial charge < -0.3 is 15.7 Å². The third-order valence-electron chi connectivity index (χ3n) is 3.75. The Hall–Kier alpha value is -1.55. The van der Waals surface area contributed by atoms with Crippen LogP contribution in [0.4, 0.5) is 4.79 Å². The Labute approximate surface area is 134 Å². The minimum Gasteiger partial charge on any atom is -0.393 e. The lowest BCUT2D eigenvalue weighted by molar-refractivity contribution is 0.129. The van der Waals surface area contributed by atoms with E-state index in [1.165, 1.54) is 16.7 Å². The topological polar surface area (TPSA) is 61.4 Å². The predicted molar refractivity (Wildman–Crippen MR) is 91.1 cm³/mol. The molecule has 3 N–H and O–H groups in total. The molecule has 0 fully saturated rings. The van der Waals surface area contributed by atoms with Crippen LogP contribution in [0.3, 0.4) is 0 Å². The molecule has 1 aromatic rings. The Morgan fingerprint density at radius 2 is 1.95 bits per heavy atom. The molecule has 0 aliphatic heterocycles. The number of urea groups is 1. The number of rotatable bonds is 7. The molecule has 0 heterocycles. The minimum absolute atomic E-state index is 0.112. The fraction of sp³-hybridized carbons (Fsp3) is 0.611. The van der Waals surface area contributed by atoms with E-state index in [0.717, 1.165) is 6.42 Å². The van der Waals surface area contributed by atoms with Gasteiger partial charge in [-0.25, -0.2) is 4.79 Å². The van der Waals surface area contributed by atoms with E-state index in [0.29, 0.717) is 19.5 Å². The number of carbonyl (C=O) groups excluding carboxylic acids is 1. The molecule has 0 saturated carbocycles. The molecule has 1 aromatic carbocycles. The highest BCUT2D eigenvalue weighted by atomic mass is 16.3. The maximum absolute atomic E-state index is 11.8. The van der Waals surface area contributed by atoms with E-state index in [1.807, 2.05) is 13.8 Å². The fourth-order valence-electron chi connectivity index (χ4n) is 2.69. The second-order valence-corrected chi connectivity index (χ2v) is 7.01. The van der Waals surface area contributed by atoms with Gasteiger partial charge in [0, 0.05) is 13.1 Å². The molecule has 0 bridgehead atoms. The SMILES string of the molecule is Cc1ccc(CCNC(=O)NCC(C)(C)CC(C)O)c(C)c1. The zero-order valence-corrected chi connectivity index (χ0v) is 14.5. The van der Waals surface area contributed by atoms with Crippen LogP contribution >= 0.6 is 0 Å². The molecule has 1 atom stereocenters. The average Bonchev–Trinajstić information content (AvgIpc) is 2.37. The number of amides is 2. The first-order valence-corrected chi connectivity index (χ1v) is 7.95. The van der Waals surface area contributed by atoms with E-state index in [-0.39, 0.29) is 17.6 Å². The van der Waals surface area contributed by atoms with Crippen LogP contribution in [0.5, 0.6) is 0 Å². The summed E-state index contributed by atoms with van der Waals surface area (Å²) in [5.41, 5.74) is 3.67. The molecule has 2 amide bonds. The molecule has 4 heteroatoms. The van der Waals surface area contributed by atoms with Crippen LogP contribution in [-0.4, -0.2) is 30.3 Å². The number of nitrogens with one attached hydrogen (secondary N) is 2. The summed E-state index contributed by atoms with van der Waals surface area (Å²) in [5.74, 6) is 0. The standard InChI is InChI=1S/C18H30N2O2/c1-13-6-7-16(14(2)10-13)8-9-19-17(22)20-12-18(4,5)11-15(3)21/h6-7,10,15,21H,8-9,11-12H2,1-5H3,(H2,19,20,22). The lowest BCUT2D eigenvalue weighted by Gasteiger charge is -2.26. The summed E-state index contributed by atoms with van der Waals surface area (Å²) in [7, 11) is 0. The Bertz CT molecular complexity index is 496. The lowest BCUT2D eigenvalue weighted by Crippen LogP contribution is -2.42. The van der Waals surface area contributed by atoms with Crippen LogP contribution in [-0.2, 0) is 6.42 Å². The highest BCUT2D eigenvalue weighted by molar-refractivity contribution is 5.73. The molecule has 0 aliphatic carbocycles. The monoisotopic (exact) mass is 306 g/mol. The van der Waals surface area contributed by atoms with Gasteiger partial charge in [0.1, 0.15) is 0 Å². The number of aliphatic hydroxyl groups excluding tert-OH is 1. The normalized spacial score (nSPS) is 12.8. The van der Waals surface area contributed by atoms with Crippen molar-refractivity contribution in [2.75, 3.05) is 13.1 Å². The van der Waals surface area contributed by atoms with Crippen LogP contribution < -0.4 is 10.6 Å². The van der Waals surface area contributed by atoms with Crippen LogP contribution in [0.25, 0.3) is 0 Å². The van der Waals surface area contributed by atoms with Crippen molar-refractivity contribution < 1.29 is 9.90 Å². The van der Waals surface area contributed by atoms with E-state index in [9.17, 15) is 9.90 Å². The highest BCUT2D eigenvalue weighted by Gasteiger charge is 2.20.